The van der Waals surface area contributed by atoms with Gasteiger partial charge in [0.15, 0.2) is 11.8 Å². The van der Waals surface area contributed by atoms with Crippen LogP contribution < -0.4 is 0 Å². The van der Waals surface area contributed by atoms with Crippen LogP contribution in [0.15, 0.2) is 42.9 Å². The molecular formula is C17H17N3O3. The first kappa shape index (κ1) is 15.1. The molecule has 118 valence electrons. The first-order valence-corrected chi connectivity index (χ1v) is 7.47. The van der Waals surface area contributed by atoms with E-state index < -0.39 is 12.1 Å². The van der Waals surface area contributed by atoms with E-state index in [1.807, 2.05) is 18.2 Å². The molecule has 0 saturated heterocycles. The first-order valence-electron chi connectivity index (χ1n) is 7.47. The third-order valence-electron chi connectivity index (χ3n) is 3.85. The van der Waals surface area contributed by atoms with E-state index in [0.29, 0.717) is 13.1 Å². The van der Waals surface area contributed by atoms with Crippen LogP contribution in [0.25, 0.3) is 0 Å². The van der Waals surface area contributed by atoms with Gasteiger partial charge in [-0.25, -0.2) is 9.78 Å². The Balaban J connectivity index is 1.63. The maximum absolute atomic E-state index is 12.5. The normalized spacial score (nSPS) is 14.7. The number of ether oxygens (including phenoxy) is 1. The number of aromatic nitrogens is 2. The van der Waals surface area contributed by atoms with Gasteiger partial charge >= 0.3 is 5.97 Å². The number of hydrogen-bond donors (Lipinski definition) is 0. The van der Waals surface area contributed by atoms with E-state index in [1.54, 1.807) is 11.8 Å². The minimum atomic E-state index is -0.852. The molecule has 6 nitrogen and oxygen atoms in total. The lowest BCUT2D eigenvalue weighted by Crippen LogP contribution is -2.42. The molecule has 0 aliphatic carbocycles. The summed E-state index contributed by atoms with van der Waals surface area (Å²) in [5.74, 6) is -0.840. The van der Waals surface area contributed by atoms with Gasteiger partial charge in [-0.05, 0) is 24.5 Å². The van der Waals surface area contributed by atoms with Crippen LogP contribution in [0.4, 0.5) is 0 Å². The van der Waals surface area contributed by atoms with Gasteiger partial charge in [0.05, 0.1) is 6.20 Å². The number of hydrogen-bond acceptors (Lipinski definition) is 5. The molecule has 0 fully saturated rings. The second-order valence-corrected chi connectivity index (χ2v) is 5.42. The molecule has 0 saturated carbocycles. The summed E-state index contributed by atoms with van der Waals surface area (Å²) in [5.41, 5.74) is 2.50. The van der Waals surface area contributed by atoms with Gasteiger partial charge < -0.3 is 9.64 Å². The lowest BCUT2D eigenvalue weighted by Gasteiger charge is -2.30. The first-order chi connectivity index (χ1) is 11.1. The smallest absolute Gasteiger partial charge is 0.359 e. The van der Waals surface area contributed by atoms with Crippen LogP contribution >= 0.6 is 0 Å². The molecule has 1 aromatic heterocycles. The van der Waals surface area contributed by atoms with Crippen LogP contribution in [0, 0.1) is 0 Å². The summed E-state index contributed by atoms with van der Waals surface area (Å²) >= 11 is 0. The van der Waals surface area contributed by atoms with E-state index in [2.05, 4.69) is 16.0 Å². The van der Waals surface area contributed by atoms with Gasteiger partial charge in [-0.1, -0.05) is 24.3 Å². The van der Waals surface area contributed by atoms with Crippen LogP contribution in [-0.4, -0.2) is 39.4 Å². The highest BCUT2D eigenvalue weighted by Crippen LogP contribution is 2.19. The Bertz CT molecular complexity index is 718. The molecule has 0 bridgehead atoms. The van der Waals surface area contributed by atoms with Crippen molar-refractivity contribution in [3.8, 4) is 0 Å². The van der Waals surface area contributed by atoms with Gasteiger partial charge in [0, 0.05) is 25.5 Å². The summed E-state index contributed by atoms with van der Waals surface area (Å²) in [5, 5.41) is 0. The molecule has 1 atom stereocenters. The van der Waals surface area contributed by atoms with E-state index in [0.717, 1.165) is 12.0 Å². The number of carbonyl (C=O) groups is 2. The maximum atomic E-state index is 12.5. The lowest BCUT2D eigenvalue weighted by atomic mass is 9.99. The van der Waals surface area contributed by atoms with Crippen molar-refractivity contribution < 1.29 is 14.3 Å². The summed E-state index contributed by atoms with van der Waals surface area (Å²) in [4.78, 5) is 33.8. The summed E-state index contributed by atoms with van der Waals surface area (Å²) in [7, 11) is 0. The average Bonchev–Trinajstić information content (AvgIpc) is 2.61. The second-order valence-electron chi connectivity index (χ2n) is 5.42. The van der Waals surface area contributed by atoms with Gasteiger partial charge in [0.1, 0.15) is 0 Å². The predicted molar refractivity (Wildman–Crippen MR) is 82.5 cm³/mol. The second kappa shape index (κ2) is 6.56. The molecule has 23 heavy (non-hydrogen) atoms. The monoisotopic (exact) mass is 311 g/mol. The molecule has 0 spiro atoms. The Hall–Kier alpha value is -2.76. The maximum Gasteiger partial charge on any atom is 0.359 e. The SMILES string of the molecule is C[C@H](OC(=O)c1cnccn1)C(=O)N1CCc2ccccc2C1. The summed E-state index contributed by atoms with van der Waals surface area (Å²) in [6.45, 7) is 2.75. The van der Waals surface area contributed by atoms with Gasteiger partial charge in [-0.15, -0.1) is 0 Å². The van der Waals surface area contributed by atoms with Crippen molar-refractivity contribution in [2.24, 2.45) is 0 Å². The summed E-state index contributed by atoms with van der Waals surface area (Å²) in [6, 6.07) is 8.06. The largest absolute Gasteiger partial charge is 0.448 e. The van der Waals surface area contributed by atoms with Crippen molar-refractivity contribution in [2.45, 2.75) is 26.0 Å². The highest BCUT2D eigenvalue weighted by atomic mass is 16.5. The molecular weight excluding hydrogens is 294 g/mol. The number of amides is 1. The molecule has 6 heteroatoms. The fraction of sp³-hybridized carbons (Fsp3) is 0.294. The number of carbonyl (C=O) groups excluding carboxylic acids is 2. The van der Waals surface area contributed by atoms with E-state index in [-0.39, 0.29) is 11.6 Å². The standard InChI is InChI=1S/C17H17N3O3/c1-12(23-17(22)15-10-18-7-8-19-15)16(21)20-9-6-13-4-2-3-5-14(13)11-20/h2-5,7-8,10,12H,6,9,11H2,1H3/t12-/m0/s1. The van der Waals surface area contributed by atoms with Crippen molar-refractivity contribution in [1.82, 2.24) is 14.9 Å². The van der Waals surface area contributed by atoms with Gasteiger partial charge in [-0.3, -0.25) is 9.78 Å². The molecule has 1 aliphatic heterocycles. The molecule has 2 heterocycles. The molecule has 2 aromatic rings. The number of fused-ring (bicyclic) bond motifs is 1. The van der Waals surface area contributed by atoms with Crippen molar-refractivity contribution in [2.75, 3.05) is 6.54 Å². The number of benzene rings is 1. The van der Waals surface area contributed by atoms with Crippen LogP contribution in [0.1, 0.15) is 28.5 Å². The molecule has 0 unspecified atom stereocenters. The topological polar surface area (TPSA) is 72.4 Å². The minimum Gasteiger partial charge on any atom is -0.448 e. The average molecular weight is 311 g/mol. The summed E-state index contributed by atoms with van der Waals surface area (Å²) in [6.07, 6.45) is 4.15. The Morgan fingerprint density at radius 2 is 2.00 bits per heavy atom. The minimum absolute atomic E-state index is 0.0936. The number of nitrogens with zero attached hydrogens (tertiary/aromatic N) is 3. The van der Waals surface area contributed by atoms with E-state index in [9.17, 15) is 9.59 Å². The lowest BCUT2D eigenvalue weighted by molar-refractivity contribution is -0.140. The van der Waals surface area contributed by atoms with Gasteiger partial charge in [0.2, 0.25) is 0 Å². The van der Waals surface area contributed by atoms with Crippen molar-refractivity contribution in [1.29, 1.82) is 0 Å². The van der Waals surface area contributed by atoms with Crippen molar-refractivity contribution >= 4 is 11.9 Å². The van der Waals surface area contributed by atoms with Crippen molar-refractivity contribution in [3.05, 3.63) is 59.7 Å². The quantitative estimate of drug-likeness (QED) is 0.805. The zero-order valence-electron chi connectivity index (χ0n) is 12.8. The Labute approximate surface area is 134 Å². The van der Waals surface area contributed by atoms with E-state index in [4.69, 9.17) is 4.74 Å². The number of rotatable bonds is 3. The molecule has 1 aromatic carbocycles. The number of esters is 1. The zero-order chi connectivity index (χ0) is 16.2. The Morgan fingerprint density at radius 3 is 2.74 bits per heavy atom. The third kappa shape index (κ3) is 3.36. The van der Waals surface area contributed by atoms with Gasteiger partial charge in [-0.2, -0.15) is 0 Å². The van der Waals surface area contributed by atoms with Crippen LogP contribution in [0.2, 0.25) is 0 Å². The van der Waals surface area contributed by atoms with E-state index in [1.165, 1.54) is 24.2 Å². The highest BCUT2D eigenvalue weighted by Gasteiger charge is 2.27. The van der Waals surface area contributed by atoms with Crippen LogP contribution in [-0.2, 0) is 22.5 Å². The zero-order valence-corrected chi connectivity index (χ0v) is 12.8. The summed E-state index contributed by atoms with van der Waals surface area (Å²) < 4.78 is 5.21. The molecule has 1 amide bonds. The van der Waals surface area contributed by atoms with E-state index >= 15 is 0 Å². The highest BCUT2D eigenvalue weighted by molar-refractivity contribution is 5.90. The fourth-order valence-electron chi connectivity index (χ4n) is 2.62. The Kier molecular flexibility index (Phi) is 4.32. The third-order valence-corrected chi connectivity index (χ3v) is 3.85. The van der Waals surface area contributed by atoms with Crippen molar-refractivity contribution in [3.63, 3.8) is 0 Å². The van der Waals surface area contributed by atoms with Gasteiger partial charge in [0.25, 0.3) is 5.91 Å². The van der Waals surface area contributed by atoms with Crippen LogP contribution in [0.5, 0.6) is 0 Å². The predicted octanol–water partition coefficient (Wildman–Crippen LogP) is 1.61. The molecule has 0 N–H and O–H groups in total. The molecule has 1 aliphatic rings. The molecule has 3 rings (SSSR count). The fourth-order valence-corrected chi connectivity index (χ4v) is 2.62. The van der Waals surface area contributed by atoms with Crippen LogP contribution in [0.3, 0.4) is 0 Å². The Morgan fingerprint density at radius 1 is 1.22 bits per heavy atom. The molecule has 0 radical (unpaired) electrons.